The van der Waals surface area contributed by atoms with Crippen LogP contribution < -0.4 is 10.1 Å². The monoisotopic (exact) mass is 401 g/mol. The minimum Gasteiger partial charge on any atom is -0.497 e. The Morgan fingerprint density at radius 3 is 2.52 bits per heavy atom. The quantitative estimate of drug-likeness (QED) is 0.592. The summed E-state index contributed by atoms with van der Waals surface area (Å²) in [5.74, 6) is 0.288. The molecule has 0 spiro atoms. The van der Waals surface area contributed by atoms with Gasteiger partial charge in [0.25, 0.3) is 0 Å². The van der Waals surface area contributed by atoms with Gasteiger partial charge in [0.2, 0.25) is 17.6 Å². The molecule has 0 atom stereocenters. The molecule has 1 N–H and O–H groups in total. The number of amides is 1. The Morgan fingerprint density at radius 1 is 1.10 bits per heavy atom. The van der Waals surface area contributed by atoms with E-state index >= 15 is 0 Å². The summed E-state index contributed by atoms with van der Waals surface area (Å²) in [5.41, 5.74) is 1.31. The van der Waals surface area contributed by atoms with Crippen LogP contribution in [0.15, 0.2) is 47.0 Å². The number of benzene rings is 2. The third kappa shape index (κ3) is 6.10. The smallest absolute Gasteiger partial charge is 0.226 e. The maximum absolute atomic E-state index is 13.1. The van der Waals surface area contributed by atoms with Crippen molar-refractivity contribution in [1.82, 2.24) is 15.5 Å². The fourth-order valence-electron chi connectivity index (χ4n) is 2.80. The number of ether oxygens (including phenoxy) is 1. The molecule has 0 saturated heterocycles. The van der Waals surface area contributed by atoms with Crippen molar-refractivity contribution in [1.29, 1.82) is 0 Å². The SMILES string of the molecule is COc1ccc(-c2noc(CCCC(=O)NCCc3cc(F)cc(F)c3)n2)cc1. The van der Waals surface area contributed by atoms with E-state index in [2.05, 4.69) is 15.5 Å². The molecule has 0 aliphatic heterocycles. The Bertz CT molecular complexity index is 938. The van der Waals surface area contributed by atoms with Gasteiger partial charge in [0.15, 0.2) is 0 Å². The van der Waals surface area contributed by atoms with E-state index in [0.717, 1.165) is 17.4 Å². The van der Waals surface area contributed by atoms with E-state index in [-0.39, 0.29) is 12.3 Å². The molecular weight excluding hydrogens is 380 g/mol. The van der Waals surface area contributed by atoms with Crippen LogP contribution in [0.1, 0.15) is 24.3 Å². The molecule has 2 aromatic carbocycles. The number of hydrogen-bond donors (Lipinski definition) is 1. The summed E-state index contributed by atoms with van der Waals surface area (Å²) >= 11 is 0. The molecule has 0 aliphatic carbocycles. The van der Waals surface area contributed by atoms with Crippen LogP contribution >= 0.6 is 0 Å². The zero-order valence-corrected chi connectivity index (χ0v) is 16.0. The first-order chi connectivity index (χ1) is 14.0. The van der Waals surface area contributed by atoms with E-state index in [1.165, 1.54) is 12.1 Å². The van der Waals surface area contributed by atoms with Crippen LogP contribution in [0.4, 0.5) is 8.78 Å². The first kappa shape index (κ1) is 20.4. The lowest BCUT2D eigenvalue weighted by Crippen LogP contribution is -2.25. The minimum absolute atomic E-state index is 0.142. The number of carbonyl (C=O) groups excluding carboxylic acids is 1. The lowest BCUT2D eigenvalue weighted by molar-refractivity contribution is -0.121. The van der Waals surface area contributed by atoms with Gasteiger partial charge < -0.3 is 14.6 Å². The molecule has 3 rings (SSSR count). The lowest BCUT2D eigenvalue weighted by Gasteiger charge is -2.05. The Morgan fingerprint density at radius 2 is 1.83 bits per heavy atom. The standard InChI is InChI=1S/C21H21F2N3O3/c1-28-18-7-5-15(6-8-18)21-25-20(29-26-21)4-2-3-19(27)24-10-9-14-11-16(22)13-17(23)12-14/h5-8,11-13H,2-4,9-10H2,1H3,(H,24,27). The van der Waals surface area contributed by atoms with Crippen LogP contribution in [-0.2, 0) is 17.6 Å². The van der Waals surface area contributed by atoms with E-state index in [0.29, 0.717) is 43.1 Å². The molecule has 152 valence electrons. The molecule has 0 saturated carbocycles. The molecular formula is C21H21F2N3O3. The number of rotatable bonds is 9. The summed E-state index contributed by atoms with van der Waals surface area (Å²) < 4.78 is 36.6. The van der Waals surface area contributed by atoms with E-state index in [9.17, 15) is 13.6 Å². The molecule has 6 nitrogen and oxygen atoms in total. The molecule has 1 aromatic heterocycles. The summed E-state index contributed by atoms with van der Waals surface area (Å²) in [6.45, 7) is 0.309. The summed E-state index contributed by atoms with van der Waals surface area (Å²) in [4.78, 5) is 16.2. The van der Waals surface area contributed by atoms with Crippen molar-refractivity contribution in [3.8, 4) is 17.1 Å². The zero-order chi connectivity index (χ0) is 20.6. The van der Waals surface area contributed by atoms with Crippen molar-refractivity contribution in [3.05, 3.63) is 65.6 Å². The van der Waals surface area contributed by atoms with Gasteiger partial charge in [-0.25, -0.2) is 8.78 Å². The number of nitrogens with zero attached hydrogens (tertiary/aromatic N) is 2. The second kappa shape index (κ2) is 9.77. The second-order valence-corrected chi connectivity index (χ2v) is 6.47. The Labute approximate surface area is 166 Å². The molecule has 1 amide bonds. The first-order valence-electron chi connectivity index (χ1n) is 9.22. The fourth-order valence-corrected chi connectivity index (χ4v) is 2.80. The number of hydrogen-bond acceptors (Lipinski definition) is 5. The highest BCUT2D eigenvalue weighted by molar-refractivity contribution is 5.75. The average molecular weight is 401 g/mol. The number of aryl methyl sites for hydroxylation is 1. The van der Waals surface area contributed by atoms with E-state index in [4.69, 9.17) is 9.26 Å². The van der Waals surface area contributed by atoms with Gasteiger partial charge in [-0.2, -0.15) is 4.98 Å². The van der Waals surface area contributed by atoms with Crippen LogP contribution in [0, 0.1) is 11.6 Å². The van der Waals surface area contributed by atoms with Crippen molar-refractivity contribution in [2.75, 3.05) is 13.7 Å². The third-order valence-electron chi connectivity index (χ3n) is 4.27. The maximum Gasteiger partial charge on any atom is 0.226 e. The van der Waals surface area contributed by atoms with Crippen LogP contribution in [-0.4, -0.2) is 29.7 Å². The molecule has 0 bridgehead atoms. The van der Waals surface area contributed by atoms with Gasteiger partial charge in [-0.1, -0.05) is 5.16 Å². The highest BCUT2D eigenvalue weighted by Crippen LogP contribution is 2.20. The predicted molar refractivity (Wildman–Crippen MR) is 102 cm³/mol. The average Bonchev–Trinajstić information content (AvgIpc) is 3.16. The van der Waals surface area contributed by atoms with Crippen molar-refractivity contribution in [2.24, 2.45) is 0 Å². The summed E-state index contributed by atoms with van der Waals surface area (Å²) in [6.07, 6.45) is 1.67. The number of carbonyl (C=O) groups is 1. The van der Waals surface area contributed by atoms with E-state index in [1.807, 2.05) is 24.3 Å². The molecule has 29 heavy (non-hydrogen) atoms. The number of methoxy groups -OCH3 is 1. The minimum atomic E-state index is -0.625. The van der Waals surface area contributed by atoms with Crippen LogP contribution in [0.25, 0.3) is 11.4 Å². The van der Waals surface area contributed by atoms with Gasteiger partial charge in [0, 0.05) is 31.0 Å². The summed E-state index contributed by atoms with van der Waals surface area (Å²) in [7, 11) is 1.60. The van der Waals surface area contributed by atoms with Gasteiger partial charge in [-0.15, -0.1) is 0 Å². The Hall–Kier alpha value is -3.29. The summed E-state index contributed by atoms with van der Waals surface area (Å²) in [5, 5.41) is 6.68. The predicted octanol–water partition coefficient (Wildman–Crippen LogP) is 3.71. The molecule has 1 heterocycles. The van der Waals surface area contributed by atoms with Gasteiger partial charge in [0.1, 0.15) is 17.4 Å². The van der Waals surface area contributed by atoms with Gasteiger partial charge in [-0.05, 0) is 54.8 Å². The maximum atomic E-state index is 13.1. The van der Waals surface area contributed by atoms with Gasteiger partial charge in [0.05, 0.1) is 7.11 Å². The molecule has 0 unspecified atom stereocenters. The molecule has 8 heteroatoms. The highest BCUT2D eigenvalue weighted by Gasteiger charge is 2.10. The lowest BCUT2D eigenvalue weighted by atomic mass is 10.1. The third-order valence-corrected chi connectivity index (χ3v) is 4.27. The number of aromatic nitrogens is 2. The van der Waals surface area contributed by atoms with Crippen molar-refractivity contribution >= 4 is 5.91 Å². The van der Waals surface area contributed by atoms with Crippen molar-refractivity contribution in [3.63, 3.8) is 0 Å². The molecule has 0 fully saturated rings. The molecule has 0 radical (unpaired) electrons. The van der Waals surface area contributed by atoms with E-state index in [1.54, 1.807) is 7.11 Å². The van der Waals surface area contributed by atoms with E-state index < -0.39 is 11.6 Å². The normalized spacial score (nSPS) is 10.7. The zero-order valence-electron chi connectivity index (χ0n) is 16.0. The number of nitrogens with one attached hydrogen (secondary N) is 1. The molecule has 0 aliphatic rings. The summed E-state index contributed by atoms with van der Waals surface area (Å²) in [6, 6.07) is 10.6. The largest absolute Gasteiger partial charge is 0.497 e. The number of halogens is 2. The van der Waals surface area contributed by atoms with Crippen LogP contribution in [0.5, 0.6) is 5.75 Å². The van der Waals surface area contributed by atoms with Crippen LogP contribution in [0.3, 0.4) is 0 Å². The Kier molecular flexibility index (Phi) is 6.89. The Balaban J connectivity index is 1.39. The first-order valence-corrected chi connectivity index (χ1v) is 9.22. The second-order valence-electron chi connectivity index (χ2n) is 6.47. The van der Waals surface area contributed by atoms with Crippen molar-refractivity contribution in [2.45, 2.75) is 25.7 Å². The van der Waals surface area contributed by atoms with Gasteiger partial charge in [-0.3, -0.25) is 4.79 Å². The fraction of sp³-hybridized carbons (Fsp3) is 0.286. The van der Waals surface area contributed by atoms with Gasteiger partial charge >= 0.3 is 0 Å². The molecule has 3 aromatic rings. The van der Waals surface area contributed by atoms with Crippen LogP contribution in [0.2, 0.25) is 0 Å². The topological polar surface area (TPSA) is 77.2 Å². The highest BCUT2D eigenvalue weighted by atomic mass is 19.1. The van der Waals surface area contributed by atoms with Crippen molar-refractivity contribution < 1.29 is 22.8 Å².